The van der Waals surface area contributed by atoms with E-state index in [2.05, 4.69) is 29.5 Å². The molecule has 130 valence electrons. The second kappa shape index (κ2) is 10.9. The van der Waals surface area contributed by atoms with E-state index in [0.29, 0.717) is 12.5 Å². The average molecular weight is 321 g/mol. The molecule has 0 aliphatic rings. The van der Waals surface area contributed by atoms with Crippen LogP contribution in [-0.4, -0.2) is 37.8 Å². The van der Waals surface area contributed by atoms with E-state index in [1.165, 1.54) is 6.42 Å². The number of rotatable bonds is 9. The van der Waals surface area contributed by atoms with Crippen LogP contribution in [0.4, 0.5) is 0 Å². The van der Waals surface area contributed by atoms with Crippen molar-refractivity contribution in [2.24, 2.45) is 10.9 Å². The van der Waals surface area contributed by atoms with Gasteiger partial charge < -0.3 is 20.5 Å². The molecular formula is C18H31N3O2. The number of nitrogens with one attached hydrogen (secondary N) is 2. The fourth-order valence-corrected chi connectivity index (χ4v) is 2.19. The number of methoxy groups -OCH3 is 1. The summed E-state index contributed by atoms with van der Waals surface area (Å²) in [5.74, 6) is 2.20. The van der Waals surface area contributed by atoms with Crippen LogP contribution in [0.1, 0.15) is 45.3 Å². The molecule has 0 heterocycles. The van der Waals surface area contributed by atoms with Crippen molar-refractivity contribution in [3.05, 3.63) is 29.8 Å². The monoisotopic (exact) mass is 321 g/mol. The second-order valence-electron chi connectivity index (χ2n) is 5.97. The lowest BCUT2D eigenvalue weighted by Crippen LogP contribution is -2.38. The number of aliphatic hydroxyl groups is 1. The molecule has 0 aliphatic heterocycles. The predicted octanol–water partition coefficient (Wildman–Crippen LogP) is 2.72. The second-order valence-corrected chi connectivity index (χ2v) is 5.97. The van der Waals surface area contributed by atoms with Gasteiger partial charge in [-0.25, -0.2) is 0 Å². The van der Waals surface area contributed by atoms with Crippen molar-refractivity contribution in [3.63, 3.8) is 0 Å². The first kappa shape index (κ1) is 19.3. The summed E-state index contributed by atoms with van der Waals surface area (Å²) in [7, 11) is 1.62. The smallest absolute Gasteiger partial charge is 0.191 e. The summed E-state index contributed by atoms with van der Waals surface area (Å²) in [6.07, 6.45) is 1.66. The highest BCUT2D eigenvalue weighted by molar-refractivity contribution is 5.79. The fraction of sp³-hybridized carbons (Fsp3) is 0.611. The van der Waals surface area contributed by atoms with E-state index < -0.39 is 6.10 Å². The summed E-state index contributed by atoms with van der Waals surface area (Å²) < 4.78 is 5.18. The maximum absolute atomic E-state index is 10.3. The van der Waals surface area contributed by atoms with E-state index >= 15 is 0 Å². The molecular weight excluding hydrogens is 290 g/mol. The van der Waals surface area contributed by atoms with Gasteiger partial charge in [-0.2, -0.15) is 0 Å². The van der Waals surface area contributed by atoms with Gasteiger partial charge in [-0.3, -0.25) is 4.99 Å². The van der Waals surface area contributed by atoms with E-state index in [-0.39, 0.29) is 0 Å². The van der Waals surface area contributed by atoms with Gasteiger partial charge in [0.2, 0.25) is 0 Å². The quantitative estimate of drug-likeness (QED) is 0.372. The highest BCUT2D eigenvalue weighted by atomic mass is 16.5. The van der Waals surface area contributed by atoms with Crippen LogP contribution < -0.4 is 15.4 Å². The summed E-state index contributed by atoms with van der Waals surface area (Å²) >= 11 is 0. The predicted molar refractivity (Wildman–Crippen MR) is 96.0 cm³/mol. The van der Waals surface area contributed by atoms with Crippen LogP contribution in [0, 0.1) is 5.92 Å². The Labute approximate surface area is 140 Å². The van der Waals surface area contributed by atoms with E-state index in [4.69, 9.17) is 4.74 Å². The number of aliphatic imine (C=N–C) groups is 1. The highest BCUT2D eigenvalue weighted by Crippen LogP contribution is 2.19. The Kier molecular flexibility index (Phi) is 9.14. The van der Waals surface area contributed by atoms with E-state index in [9.17, 15) is 5.11 Å². The molecule has 5 nitrogen and oxygen atoms in total. The number of ether oxygens (including phenoxy) is 1. The molecule has 23 heavy (non-hydrogen) atoms. The maximum atomic E-state index is 10.3. The normalized spacial score (nSPS) is 13.0. The molecule has 3 N–H and O–H groups in total. The third-order valence-corrected chi connectivity index (χ3v) is 3.50. The number of guanidine groups is 1. The Morgan fingerprint density at radius 3 is 2.74 bits per heavy atom. The molecule has 0 radical (unpaired) electrons. The summed E-state index contributed by atoms with van der Waals surface area (Å²) in [5.41, 5.74) is 0.809. The fourth-order valence-electron chi connectivity index (χ4n) is 2.19. The third-order valence-electron chi connectivity index (χ3n) is 3.50. The molecule has 0 fully saturated rings. The van der Waals surface area contributed by atoms with Gasteiger partial charge in [0.05, 0.1) is 19.8 Å². The zero-order valence-electron chi connectivity index (χ0n) is 14.8. The van der Waals surface area contributed by atoms with Crippen LogP contribution in [0.25, 0.3) is 0 Å². The van der Waals surface area contributed by atoms with Crippen LogP contribution in [0.5, 0.6) is 5.75 Å². The first-order valence-electron chi connectivity index (χ1n) is 8.41. The molecule has 1 unspecified atom stereocenters. The molecule has 0 amide bonds. The Bertz CT molecular complexity index is 475. The minimum atomic E-state index is -0.642. The number of hydrogen-bond acceptors (Lipinski definition) is 3. The summed E-state index contributed by atoms with van der Waals surface area (Å²) in [4.78, 5) is 4.47. The van der Waals surface area contributed by atoms with Crippen molar-refractivity contribution in [2.75, 3.05) is 26.7 Å². The van der Waals surface area contributed by atoms with E-state index in [0.717, 1.165) is 36.8 Å². The van der Waals surface area contributed by atoms with Crippen molar-refractivity contribution in [3.8, 4) is 5.75 Å². The minimum Gasteiger partial charge on any atom is -0.497 e. The van der Waals surface area contributed by atoms with Gasteiger partial charge in [-0.15, -0.1) is 0 Å². The Hall–Kier alpha value is -1.75. The van der Waals surface area contributed by atoms with Gasteiger partial charge in [-0.1, -0.05) is 26.0 Å². The zero-order valence-corrected chi connectivity index (χ0v) is 14.8. The Morgan fingerprint density at radius 2 is 2.09 bits per heavy atom. The van der Waals surface area contributed by atoms with Gasteiger partial charge in [0.25, 0.3) is 0 Å². The topological polar surface area (TPSA) is 65.9 Å². The first-order valence-corrected chi connectivity index (χ1v) is 8.41. The summed E-state index contributed by atoms with van der Waals surface area (Å²) in [6, 6.07) is 7.45. The molecule has 5 heteroatoms. The first-order chi connectivity index (χ1) is 11.1. The zero-order chi connectivity index (χ0) is 17.1. The van der Waals surface area contributed by atoms with E-state index in [1.54, 1.807) is 7.11 Å². The largest absolute Gasteiger partial charge is 0.497 e. The lowest BCUT2D eigenvalue weighted by Gasteiger charge is -2.14. The SMILES string of the molecule is CCNC(=NCC(O)c1cccc(OC)c1)NCCCC(C)C. The number of hydrogen-bond donors (Lipinski definition) is 3. The van der Waals surface area contributed by atoms with Crippen LogP contribution in [0.3, 0.4) is 0 Å². The van der Waals surface area contributed by atoms with Crippen molar-refractivity contribution in [1.29, 1.82) is 0 Å². The Morgan fingerprint density at radius 1 is 1.30 bits per heavy atom. The van der Waals surface area contributed by atoms with Gasteiger partial charge in [0.15, 0.2) is 5.96 Å². The van der Waals surface area contributed by atoms with Crippen molar-refractivity contribution >= 4 is 5.96 Å². The molecule has 1 aromatic rings. The van der Waals surface area contributed by atoms with Gasteiger partial charge in [0, 0.05) is 13.1 Å². The highest BCUT2D eigenvalue weighted by Gasteiger charge is 2.08. The molecule has 0 saturated carbocycles. The maximum Gasteiger partial charge on any atom is 0.191 e. The van der Waals surface area contributed by atoms with Gasteiger partial charge in [0.1, 0.15) is 5.75 Å². The average Bonchev–Trinajstić information content (AvgIpc) is 2.55. The third kappa shape index (κ3) is 7.88. The van der Waals surface area contributed by atoms with Crippen LogP contribution >= 0.6 is 0 Å². The molecule has 1 rings (SSSR count). The number of nitrogens with zero attached hydrogens (tertiary/aromatic N) is 1. The van der Waals surface area contributed by atoms with Gasteiger partial charge >= 0.3 is 0 Å². The molecule has 0 bridgehead atoms. The molecule has 0 aromatic heterocycles. The minimum absolute atomic E-state index is 0.312. The molecule has 0 spiro atoms. The summed E-state index contributed by atoms with van der Waals surface area (Å²) in [6.45, 7) is 8.48. The van der Waals surface area contributed by atoms with E-state index in [1.807, 2.05) is 31.2 Å². The lowest BCUT2D eigenvalue weighted by molar-refractivity contribution is 0.186. The molecule has 0 aliphatic carbocycles. The number of aliphatic hydroxyl groups excluding tert-OH is 1. The number of benzene rings is 1. The van der Waals surface area contributed by atoms with Crippen LogP contribution in [-0.2, 0) is 0 Å². The Balaban J connectivity index is 2.54. The van der Waals surface area contributed by atoms with Crippen molar-refractivity contribution in [1.82, 2.24) is 10.6 Å². The molecule has 1 atom stereocenters. The van der Waals surface area contributed by atoms with Crippen LogP contribution in [0.15, 0.2) is 29.3 Å². The lowest BCUT2D eigenvalue weighted by atomic mass is 10.1. The molecule has 0 saturated heterocycles. The van der Waals surface area contributed by atoms with Crippen molar-refractivity contribution < 1.29 is 9.84 Å². The van der Waals surface area contributed by atoms with Crippen molar-refractivity contribution in [2.45, 2.75) is 39.7 Å². The summed E-state index contributed by atoms with van der Waals surface area (Å²) in [5, 5.41) is 16.8. The van der Waals surface area contributed by atoms with Gasteiger partial charge in [-0.05, 0) is 43.4 Å². The van der Waals surface area contributed by atoms with Crippen LogP contribution in [0.2, 0.25) is 0 Å². The standard InChI is InChI=1S/C18H31N3O2/c1-5-19-18(20-11-7-8-14(2)3)21-13-17(22)15-9-6-10-16(12-15)23-4/h6,9-10,12,14,17,22H,5,7-8,11,13H2,1-4H3,(H2,19,20,21). The molecule has 1 aromatic carbocycles.